The van der Waals surface area contributed by atoms with Crippen LogP contribution in [0.5, 0.6) is 17.2 Å². The van der Waals surface area contributed by atoms with Crippen molar-refractivity contribution in [3.63, 3.8) is 0 Å². The summed E-state index contributed by atoms with van der Waals surface area (Å²) in [7, 11) is 2.99. The van der Waals surface area contributed by atoms with Crippen molar-refractivity contribution in [3.05, 3.63) is 64.5 Å². The second-order valence-corrected chi connectivity index (χ2v) is 14.1. The molecule has 3 saturated carbocycles. The molecule has 8 heteroatoms. The van der Waals surface area contributed by atoms with E-state index in [1.54, 1.807) is 31.4 Å². The van der Waals surface area contributed by atoms with Gasteiger partial charge in [0.1, 0.15) is 18.1 Å². The van der Waals surface area contributed by atoms with E-state index in [9.17, 15) is 19.5 Å². The molecule has 47 heavy (non-hydrogen) atoms. The number of carbonyl (C=O) groups excluding carboxylic acids is 2. The number of fused-ring (bicyclic) bond motifs is 6. The molecular weight excluding hydrogens is 596 g/mol. The number of rotatable bonds is 5. The molecule has 250 valence electrons. The van der Waals surface area contributed by atoms with E-state index in [0.717, 1.165) is 43.6 Å². The Morgan fingerprint density at radius 1 is 0.936 bits per heavy atom. The molecule has 1 heterocycles. The summed E-state index contributed by atoms with van der Waals surface area (Å²) in [5, 5.41) is 10.1. The normalized spacial score (nSPS) is 29.4. The van der Waals surface area contributed by atoms with Crippen LogP contribution in [-0.2, 0) is 14.3 Å². The van der Waals surface area contributed by atoms with Crippen molar-refractivity contribution in [2.45, 2.75) is 84.7 Å². The van der Waals surface area contributed by atoms with Gasteiger partial charge in [0, 0.05) is 18.3 Å². The first kappa shape index (κ1) is 32.9. The highest BCUT2D eigenvalue weighted by Gasteiger charge is 2.59. The second kappa shape index (κ2) is 12.9. The Kier molecular flexibility index (Phi) is 8.98. The highest BCUT2D eigenvalue weighted by molar-refractivity contribution is 5.91. The third-order valence-corrected chi connectivity index (χ3v) is 11.9. The van der Waals surface area contributed by atoms with Crippen molar-refractivity contribution in [2.75, 3.05) is 14.2 Å². The summed E-state index contributed by atoms with van der Waals surface area (Å²) in [5.41, 5.74) is 3.02. The van der Waals surface area contributed by atoms with E-state index >= 15 is 0 Å². The Bertz CT molecular complexity index is 1750. The molecule has 6 atom stereocenters. The summed E-state index contributed by atoms with van der Waals surface area (Å²) >= 11 is 0. The highest BCUT2D eigenvalue weighted by Crippen LogP contribution is 2.65. The van der Waals surface area contributed by atoms with E-state index in [2.05, 4.69) is 13.8 Å². The van der Waals surface area contributed by atoms with Gasteiger partial charge in [0.15, 0.2) is 17.1 Å². The second-order valence-electron chi connectivity index (χ2n) is 14.1. The number of carbonyl (C=O) groups is 2. The summed E-state index contributed by atoms with van der Waals surface area (Å²) in [6.45, 7) is 6.69. The lowest BCUT2D eigenvalue weighted by Crippen LogP contribution is -2.51. The lowest BCUT2D eigenvalue weighted by Gasteiger charge is -2.57. The fraction of sp³-hybridized carbons (Fsp3) is 0.513. The van der Waals surface area contributed by atoms with Crippen molar-refractivity contribution in [1.82, 2.24) is 0 Å². The van der Waals surface area contributed by atoms with Gasteiger partial charge in [-0.2, -0.15) is 0 Å². The first-order valence-electron chi connectivity index (χ1n) is 16.9. The number of phenolic OH excluding ortho intramolecular Hbond substituents is 1. The third kappa shape index (κ3) is 5.74. The molecule has 4 aliphatic carbocycles. The van der Waals surface area contributed by atoms with Crippen molar-refractivity contribution < 1.29 is 33.3 Å². The van der Waals surface area contributed by atoms with Crippen LogP contribution in [0.1, 0.15) is 78.6 Å². The van der Waals surface area contributed by atoms with Crippen LogP contribution >= 0.6 is 0 Å². The summed E-state index contributed by atoms with van der Waals surface area (Å²) < 4.78 is 21.6. The van der Waals surface area contributed by atoms with Crippen LogP contribution in [0.25, 0.3) is 22.1 Å². The molecule has 0 bridgehead atoms. The largest absolute Gasteiger partial charge is 0.504 e. The number of hydrogen-bond acceptors (Lipinski definition) is 8. The van der Waals surface area contributed by atoms with Crippen LogP contribution in [-0.4, -0.2) is 37.2 Å². The Morgan fingerprint density at radius 2 is 1.70 bits per heavy atom. The van der Waals surface area contributed by atoms with Crippen molar-refractivity contribution in [2.24, 2.45) is 28.6 Å². The first-order valence-corrected chi connectivity index (χ1v) is 16.9. The fourth-order valence-electron chi connectivity index (χ4n) is 9.28. The van der Waals surface area contributed by atoms with Gasteiger partial charge in [-0.1, -0.05) is 38.5 Å². The van der Waals surface area contributed by atoms with Gasteiger partial charge in [0.05, 0.1) is 25.2 Å². The predicted molar refractivity (Wildman–Crippen MR) is 180 cm³/mol. The summed E-state index contributed by atoms with van der Waals surface area (Å²) in [6, 6.07) is 10.1. The van der Waals surface area contributed by atoms with E-state index in [1.165, 1.54) is 50.3 Å². The van der Waals surface area contributed by atoms with E-state index in [1.807, 2.05) is 13.0 Å². The lowest BCUT2D eigenvalue weighted by atomic mass is 9.47. The average Bonchev–Trinajstić information content (AvgIpc) is 3.41. The van der Waals surface area contributed by atoms with Crippen molar-refractivity contribution in [3.8, 4) is 28.4 Å². The Labute approximate surface area is 276 Å². The number of allylic oxidation sites excluding steroid dienone is 1. The first-order chi connectivity index (χ1) is 22.5. The Balaban J connectivity index is 0.000000166. The van der Waals surface area contributed by atoms with Gasteiger partial charge in [0.25, 0.3) is 0 Å². The van der Waals surface area contributed by atoms with Gasteiger partial charge in [-0.05, 0) is 104 Å². The van der Waals surface area contributed by atoms with Crippen LogP contribution in [0.15, 0.2) is 63.5 Å². The van der Waals surface area contributed by atoms with Gasteiger partial charge in [-0.15, -0.1) is 0 Å². The monoisotopic (exact) mass is 642 g/mol. The van der Waals surface area contributed by atoms with E-state index < -0.39 is 0 Å². The van der Waals surface area contributed by atoms with Gasteiger partial charge in [0.2, 0.25) is 11.2 Å². The Hall–Kier alpha value is -4.07. The van der Waals surface area contributed by atoms with Gasteiger partial charge in [-0.3, -0.25) is 14.4 Å². The van der Waals surface area contributed by atoms with Crippen LogP contribution in [0.2, 0.25) is 0 Å². The number of esters is 1. The molecule has 0 aliphatic heterocycles. The molecule has 0 saturated heterocycles. The third-order valence-electron chi connectivity index (χ3n) is 11.9. The van der Waals surface area contributed by atoms with Crippen molar-refractivity contribution in [1.29, 1.82) is 0 Å². The molecule has 0 spiro atoms. The van der Waals surface area contributed by atoms with Crippen LogP contribution in [0.4, 0.5) is 0 Å². The zero-order chi connectivity index (χ0) is 33.5. The van der Waals surface area contributed by atoms with E-state index in [4.69, 9.17) is 18.6 Å². The zero-order valence-electron chi connectivity index (χ0n) is 28.1. The van der Waals surface area contributed by atoms with Crippen LogP contribution in [0, 0.1) is 28.6 Å². The molecule has 6 unspecified atom stereocenters. The number of aromatic hydroxyl groups is 1. The van der Waals surface area contributed by atoms with Crippen molar-refractivity contribution >= 4 is 22.7 Å². The molecule has 0 amide bonds. The maximum absolute atomic E-state index is 12.6. The zero-order valence-corrected chi connectivity index (χ0v) is 28.1. The Morgan fingerprint density at radius 3 is 2.40 bits per heavy atom. The smallest absolute Gasteiger partial charge is 0.305 e. The number of phenols is 1. The average molecular weight is 643 g/mol. The number of benzene rings is 2. The summed E-state index contributed by atoms with van der Waals surface area (Å²) in [5.74, 6) is 3.20. The highest BCUT2D eigenvalue weighted by atomic mass is 16.5. The molecule has 2 aromatic carbocycles. The minimum atomic E-state index is -0.190. The number of ketones is 1. The van der Waals surface area contributed by atoms with Crippen LogP contribution in [0.3, 0.4) is 0 Å². The SMILES string of the molecule is CCC(=O)OC1CCC2C3CCC4=CC(=O)CCC4(C)C3CCC12C.COc1ccc(-c2coc3c(OC)c(O)ccc3c2=O)cc1. The number of ether oxygens (including phenoxy) is 3. The van der Waals surface area contributed by atoms with Crippen LogP contribution < -0.4 is 14.9 Å². The van der Waals surface area contributed by atoms with Gasteiger partial charge in [-0.25, -0.2) is 0 Å². The minimum Gasteiger partial charge on any atom is -0.504 e. The topological polar surface area (TPSA) is 112 Å². The minimum absolute atomic E-state index is 0.0411. The van der Waals surface area contributed by atoms with Gasteiger partial charge >= 0.3 is 5.97 Å². The van der Waals surface area contributed by atoms with Gasteiger partial charge < -0.3 is 23.7 Å². The molecular formula is C39H46O8. The molecule has 0 radical (unpaired) electrons. The molecule has 4 aliphatic rings. The fourth-order valence-corrected chi connectivity index (χ4v) is 9.28. The molecule has 1 aromatic heterocycles. The summed E-state index contributed by atoms with van der Waals surface area (Å²) in [4.78, 5) is 36.4. The predicted octanol–water partition coefficient (Wildman–Crippen LogP) is 8.02. The van der Waals surface area contributed by atoms with E-state index in [-0.39, 0.29) is 45.4 Å². The number of methoxy groups -OCH3 is 2. The molecule has 3 fully saturated rings. The summed E-state index contributed by atoms with van der Waals surface area (Å²) in [6.07, 6.45) is 12.6. The van der Waals surface area contributed by atoms with E-state index in [0.29, 0.717) is 40.7 Å². The molecule has 3 aromatic rings. The standard InChI is InChI=1S/C22H32O3.C17H14O5/c1-4-20(24)25-19-8-7-17-16-6-5-14-13-15(23)9-11-21(14,2)18(16)10-12-22(17,19)3;1-20-11-5-3-10(4-6-11)13-9-22-16-12(15(13)19)7-8-14(18)17(16)21-2/h13,16-19H,4-12H2,1-3H3;3-9,18H,1-2H3. The molecule has 1 N–H and O–H groups in total. The number of hydrogen-bond donors (Lipinski definition) is 1. The lowest BCUT2D eigenvalue weighted by molar-refractivity contribution is -0.159. The maximum atomic E-state index is 12.6. The maximum Gasteiger partial charge on any atom is 0.305 e. The molecule has 7 rings (SSSR count). The molecule has 8 nitrogen and oxygen atoms in total. The quantitative estimate of drug-likeness (QED) is 0.279.